The first-order valence-corrected chi connectivity index (χ1v) is 6.22. The molecule has 0 fully saturated rings. The van der Waals surface area contributed by atoms with Crippen molar-refractivity contribution < 1.29 is 4.74 Å². The van der Waals surface area contributed by atoms with Crippen molar-refractivity contribution in [2.24, 2.45) is 0 Å². The molecule has 1 N–H and O–H groups in total. The first kappa shape index (κ1) is 12.8. The minimum atomic E-state index is 0.784. The average molecular weight is 249 g/mol. The molecule has 0 radical (unpaired) electrons. The van der Waals surface area contributed by atoms with E-state index in [0.717, 1.165) is 49.7 Å². The molecule has 0 aliphatic heterocycles. The lowest BCUT2D eigenvalue weighted by Crippen LogP contribution is -2.06. The van der Waals surface area contributed by atoms with Gasteiger partial charge in [-0.25, -0.2) is 4.98 Å². The predicted molar refractivity (Wildman–Crippen MR) is 69.7 cm³/mol. The van der Waals surface area contributed by atoms with E-state index in [1.165, 1.54) is 0 Å². The molecule has 0 bridgehead atoms. The lowest BCUT2D eigenvalue weighted by atomic mass is 10.2. The molecule has 0 spiro atoms. The van der Waals surface area contributed by atoms with Gasteiger partial charge in [-0.15, -0.1) is 10.2 Å². The van der Waals surface area contributed by atoms with Gasteiger partial charge in [-0.05, 0) is 26.2 Å². The van der Waals surface area contributed by atoms with E-state index in [9.17, 15) is 0 Å². The average Bonchev–Trinajstić information content (AvgIpc) is 2.77. The number of fused-ring (bicyclic) bond motifs is 1. The van der Waals surface area contributed by atoms with Gasteiger partial charge in [0.05, 0.1) is 0 Å². The lowest BCUT2D eigenvalue weighted by molar-refractivity contribution is 0.192. The molecule has 0 amide bonds. The number of unbranched alkanes of at least 4 members (excludes halogenated alkanes) is 2. The van der Waals surface area contributed by atoms with Gasteiger partial charge in [0, 0.05) is 32.7 Å². The van der Waals surface area contributed by atoms with E-state index in [2.05, 4.69) is 20.5 Å². The van der Waals surface area contributed by atoms with Gasteiger partial charge in [-0.3, -0.25) is 4.40 Å². The van der Waals surface area contributed by atoms with Gasteiger partial charge in [0.1, 0.15) is 5.82 Å². The van der Waals surface area contributed by atoms with Crippen molar-refractivity contribution >= 4 is 11.5 Å². The summed E-state index contributed by atoms with van der Waals surface area (Å²) in [5.74, 6) is 1.67. The van der Waals surface area contributed by atoms with Crippen LogP contribution in [0.2, 0.25) is 0 Å². The number of ether oxygens (including phenoxy) is 1. The number of rotatable bonds is 7. The first-order valence-electron chi connectivity index (χ1n) is 6.22. The Kier molecular flexibility index (Phi) is 4.46. The van der Waals surface area contributed by atoms with E-state index in [1.807, 2.05) is 17.5 Å². The largest absolute Gasteiger partial charge is 0.385 e. The van der Waals surface area contributed by atoms with Crippen molar-refractivity contribution in [3.63, 3.8) is 0 Å². The van der Waals surface area contributed by atoms with Gasteiger partial charge < -0.3 is 10.1 Å². The minimum Gasteiger partial charge on any atom is -0.385 e. The summed E-state index contributed by atoms with van der Waals surface area (Å²) in [6, 6.07) is 0. The fraction of sp³-hybridized carbons (Fsp3) is 0.583. The van der Waals surface area contributed by atoms with Crippen LogP contribution >= 0.6 is 0 Å². The van der Waals surface area contributed by atoms with Crippen molar-refractivity contribution in [1.29, 1.82) is 0 Å². The van der Waals surface area contributed by atoms with Crippen LogP contribution in [0.4, 0.5) is 5.82 Å². The Morgan fingerprint density at radius 1 is 1.28 bits per heavy atom. The molecule has 0 saturated heterocycles. The molecule has 2 aromatic heterocycles. The second-order valence-electron chi connectivity index (χ2n) is 4.20. The normalized spacial score (nSPS) is 11.0. The zero-order chi connectivity index (χ0) is 12.8. The Bertz CT molecular complexity index is 496. The standard InChI is InChI=1S/C12H19N5O/c1-10-15-16-12-11(14-7-8-17(10)12)13-6-4-3-5-9-18-2/h7-8H,3-6,9H2,1-2H3,(H,13,14). The number of anilines is 1. The van der Waals surface area contributed by atoms with Crippen molar-refractivity contribution in [1.82, 2.24) is 19.6 Å². The summed E-state index contributed by atoms with van der Waals surface area (Å²) < 4.78 is 6.94. The molecule has 2 rings (SSSR count). The topological polar surface area (TPSA) is 64.3 Å². The molecular weight excluding hydrogens is 230 g/mol. The van der Waals surface area contributed by atoms with E-state index in [-0.39, 0.29) is 0 Å². The number of nitrogens with one attached hydrogen (secondary N) is 1. The molecular formula is C12H19N5O. The maximum absolute atomic E-state index is 5.01. The number of methoxy groups -OCH3 is 1. The molecule has 2 aromatic rings. The van der Waals surface area contributed by atoms with Crippen LogP contribution in [0.1, 0.15) is 25.1 Å². The van der Waals surface area contributed by atoms with Crippen LogP contribution in [0, 0.1) is 6.92 Å². The number of aryl methyl sites for hydroxylation is 1. The molecule has 0 aliphatic rings. The van der Waals surface area contributed by atoms with Crippen LogP contribution in [0.5, 0.6) is 0 Å². The second-order valence-corrected chi connectivity index (χ2v) is 4.20. The summed E-state index contributed by atoms with van der Waals surface area (Å²) in [7, 11) is 1.73. The van der Waals surface area contributed by atoms with E-state index in [1.54, 1.807) is 13.3 Å². The summed E-state index contributed by atoms with van der Waals surface area (Å²) >= 11 is 0. The van der Waals surface area contributed by atoms with Gasteiger partial charge in [0.25, 0.3) is 0 Å². The smallest absolute Gasteiger partial charge is 0.203 e. The molecule has 2 heterocycles. The molecule has 0 aliphatic carbocycles. The third-order valence-electron chi connectivity index (χ3n) is 2.82. The summed E-state index contributed by atoms with van der Waals surface area (Å²) in [6.45, 7) is 3.65. The zero-order valence-electron chi connectivity index (χ0n) is 10.9. The fourth-order valence-corrected chi connectivity index (χ4v) is 1.82. The highest BCUT2D eigenvalue weighted by molar-refractivity contribution is 5.61. The predicted octanol–water partition coefficient (Wildman–Crippen LogP) is 1.66. The Morgan fingerprint density at radius 2 is 2.17 bits per heavy atom. The zero-order valence-corrected chi connectivity index (χ0v) is 10.9. The highest BCUT2D eigenvalue weighted by Gasteiger charge is 2.06. The van der Waals surface area contributed by atoms with Crippen LogP contribution in [-0.2, 0) is 4.74 Å². The van der Waals surface area contributed by atoms with Gasteiger partial charge in [0.15, 0.2) is 5.82 Å². The Balaban J connectivity index is 1.88. The molecule has 0 aromatic carbocycles. The molecule has 6 nitrogen and oxygen atoms in total. The highest BCUT2D eigenvalue weighted by atomic mass is 16.5. The van der Waals surface area contributed by atoms with Gasteiger partial charge in [0.2, 0.25) is 5.65 Å². The molecule has 6 heteroatoms. The quantitative estimate of drug-likeness (QED) is 0.756. The van der Waals surface area contributed by atoms with Crippen molar-refractivity contribution in [3.8, 4) is 0 Å². The van der Waals surface area contributed by atoms with Crippen molar-refractivity contribution in [3.05, 3.63) is 18.2 Å². The number of nitrogens with zero attached hydrogens (tertiary/aromatic N) is 4. The summed E-state index contributed by atoms with van der Waals surface area (Å²) in [5, 5.41) is 11.5. The van der Waals surface area contributed by atoms with Crippen molar-refractivity contribution in [2.75, 3.05) is 25.6 Å². The maximum Gasteiger partial charge on any atom is 0.203 e. The lowest BCUT2D eigenvalue weighted by Gasteiger charge is -2.06. The summed E-state index contributed by atoms with van der Waals surface area (Å²) in [4.78, 5) is 4.30. The molecule has 0 saturated carbocycles. The third-order valence-corrected chi connectivity index (χ3v) is 2.82. The van der Waals surface area contributed by atoms with E-state index >= 15 is 0 Å². The molecule has 18 heavy (non-hydrogen) atoms. The van der Waals surface area contributed by atoms with Crippen LogP contribution < -0.4 is 5.32 Å². The minimum absolute atomic E-state index is 0.784. The Labute approximate surface area is 106 Å². The second kappa shape index (κ2) is 6.30. The number of aromatic nitrogens is 4. The molecule has 0 unspecified atom stereocenters. The van der Waals surface area contributed by atoms with Gasteiger partial charge in [-0.2, -0.15) is 0 Å². The Morgan fingerprint density at radius 3 is 3.00 bits per heavy atom. The van der Waals surface area contributed by atoms with Gasteiger partial charge in [-0.1, -0.05) is 0 Å². The summed E-state index contributed by atoms with van der Waals surface area (Å²) in [5.41, 5.74) is 0.784. The third kappa shape index (κ3) is 2.95. The fourth-order valence-electron chi connectivity index (χ4n) is 1.82. The SMILES string of the molecule is COCCCCCNc1nccn2c(C)nnc12. The first-order chi connectivity index (χ1) is 8.83. The van der Waals surface area contributed by atoms with E-state index < -0.39 is 0 Å². The van der Waals surface area contributed by atoms with Crippen molar-refractivity contribution in [2.45, 2.75) is 26.2 Å². The Hall–Kier alpha value is -1.69. The molecule has 98 valence electrons. The van der Waals surface area contributed by atoms with E-state index in [0.29, 0.717) is 0 Å². The van der Waals surface area contributed by atoms with Crippen LogP contribution in [0.3, 0.4) is 0 Å². The molecule has 0 atom stereocenters. The monoisotopic (exact) mass is 249 g/mol. The van der Waals surface area contributed by atoms with Crippen LogP contribution in [0.25, 0.3) is 5.65 Å². The maximum atomic E-state index is 5.01. The van der Waals surface area contributed by atoms with Crippen LogP contribution in [-0.4, -0.2) is 39.8 Å². The highest BCUT2D eigenvalue weighted by Crippen LogP contribution is 2.11. The summed E-state index contributed by atoms with van der Waals surface area (Å²) in [6.07, 6.45) is 6.97. The van der Waals surface area contributed by atoms with Gasteiger partial charge >= 0.3 is 0 Å². The van der Waals surface area contributed by atoms with E-state index in [4.69, 9.17) is 4.74 Å². The number of hydrogen-bond acceptors (Lipinski definition) is 5. The number of hydrogen-bond donors (Lipinski definition) is 1. The van der Waals surface area contributed by atoms with Crippen LogP contribution in [0.15, 0.2) is 12.4 Å².